The number of thiophene rings is 1. The molecule has 0 saturated heterocycles. The number of hydrogen-bond donors (Lipinski definition) is 0. The van der Waals surface area contributed by atoms with E-state index in [1.165, 1.54) is 12.0 Å². The van der Waals surface area contributed by atoms with E-state index < -0.39 is 17.7 Å². The number of ether oxygens (including phenoxy) is 2. The van der Waals surface area contributed by atoms with Gasteiger partial charge in [-0.25, -0.2) is 4.79 Å². The highest BCUT2D eigenvalue weighted by atomic mass is 32.1. The molecule has 10 nitrogen and oxygen atoms in total. The summed E-state index contributed by atoms with van der Waals surface area (Å²) in [5, 5.41) is 9.75. The smallest absolute Gasteiger partial charge is 0.329 e. The minimum Gasteiger partial charge on any atom is -0.469 e. The van der Waals surface area contributed by atoms with E-state index in [4.69, 9.17) is 14.5 Å². The number of amides is 1. The number of rotatable bonds is 7. The van der Waals surface area contributed by atoms with Crippen LogP contribution in [0.1, 0.15) is 96.2 Å². The molecule has 4 heterocycles. The third-order valence-corrected chi connectivity index (χ3v) is 10.1. The summed E-state index contributed by atoms with van der Waals surface area (Å²) in [5.74, 6) is 0.308. The second-order valence-corrected chi connectivity index (χ2v) is 15.0. The summed E-state index contributed by atoms with van der Waals surface area (Å²) >= 11 is 1.66. The zero-order valence-electron chi connectivity index (χ0n) is 28.9. The van der Waals surface area contributed by atoms with Crippen molar-refractivity contribution in [1.82, 2.24) is 19.7 Å². The fraction of sp³-hybridized carbons (Fsp3) is 0.405. The van der Waals surface area contributed by atoms with E-state index in [0.29, 0.717) is 17.9 Å². The Morgan fingerprint density at radius 1 is 1.00 bits per heavy atom. The Kier molecular flexibility index (Phi) is 8.61. The van der Waals surface area contributed by atoms with Gasteiger partial charge in [0.05, 0.1) is 19.2 Å². The van der Waals surface area contributed by atoms with Gasteiger partial charge in [-0.3, -0.25) is 19.1 Å². The van der Waals surface area contributed by atoms with E-state index in [-0.39, 0.29) is 30.2 Å². The number of nitrogens with zero attached hydrogens (tertiary/aromatic N) is 5. The van der Waals surface area contributed by atoms with Crippen molar-refractivity contribution in [2.45, 2.75) is 86.0 Å². The summed E-state index contributed by atoms with van der Waals surface area (Å²) in [6, 6.07) is 12.8. The van der Waals surface area contributed by atoms with Crippen molar-refractivity contribution in [1.29, 1.82) is 0 Å². The molecule has 2 atom stereocenters. The molecule has 250 valence electrons. The number of aliphatic imine (C=N–C) groups is 1. The minimum atomic E-state index is -0.679. The van der Waals surface area contributed by atoms with Gasteiger partial charge < -0.3 is 14.4 Å². The zero-order valence-corrected chi connectivity index (χ0v) is 29.7. The Hall–Kier alpha value is -4.64. The summed E-state index contributed by atoms with van der Waals surface area (Å²) in [7, 11) is 1.37. The van der Waals surface area contributed by atoms with E-state index in [1.54, 1.807) is 16.2 Å². The normalized spacial score (nSPS) is 16.2. The first kappa shape index (κ1) is 33.3. The number of benzene rings is 2. The molecule has 2 aromatic carbocycles. The van der Waals surface area contributed by atoms with Crippen molar-refractivity contribution >= 4 is 34.9 Å². The van der Waals surface area contributed by atoms with Crippen molar-refractivity contribution in [2.24, 2.45) is 10.9 Å². The molecule has 6 rings (SSSR count). The van der Waals surface area contributed by atoms with Crippen molar-refractivity contribution in [2.75, 3.05) is 7.11 Å². The first-order valence-corrected chi connectivity index (χ1v) is 16.9. The Balaban J connectivity index is 1.34. The fourth-order valence-corrected chi connectivity index (χ4v) is 7.67. The number of aryl methyl sites for hydroxylation is 2. The van der Waals surface area contributed by atoms with Gasteiger partial charge in [-0.15, -0.1) is 21.5 Å². The van der Waals surface area contributed by atoms with Crippen molar-refractivity contribution in [3.8, 4) is 16.1 Å². The zero-order chi connectivity index (χ0) is 34.7. The van der Waals surface area contributed by atoms with Crippen molar-refractivity contribution in [3.63, 3.8) is 0 Å². The highest BCUT2D eigenvalue weighted by Gasteiger charge is 2.40. The predicted octanol–water partition coefficient (Wildman–Crippen LogP) is 6.70. The van der Waals surface area contributed by atoms with E-state index in [9.17, 15) is 14.4 Å². The standard InChI is InChI=1S/C37H41N5O5S/c1-19(2)32(36(45)47-37(6,7)8)41-18-26-16-25(14-15-27(26)34(41)44)23-10-12-24(13-11-23)31-30-20(3)21(4)48-35(30)42-22(5)39-40-33(42)28(38-31)17-29(43)46-9/h10-16,19,28,32H,17-18H2,1-9H3/t28-,32?/m0/s1. The largest absolute Gasteiger partial charge is 0.469 e. The van der Waals surface area contributed by atoms with Gasteiger partial charge in [-0.05, 0) is 81.8 Å². The molecule has 2 aliphatic rings. The maximum atomic E-state index is 13.5. The molecule has 0 bridgehead atoms. The Labute approximate surface area is 284 Å². The van der Waals surface area contributed by atoms with Gasteiger partial charge in [-0.2, -0.15) is 0 Å². The average molecular weight is 668 g/mol. The molecule has 0 aliphatic carbocycles. The topological polar surface area (TPSA) is 116 Å². The van der Waals surface area contributed by atoms with Gasteiger partial charge in [0.15, 0.2) is 5.82 Å². The van der Waals surface area contributed by atoms with Crippen LogP contribution < -0.4 is 0 Å². The van der Waals surface area contributed by atoms with Crippen LogP contribution in [0.15, 0.2) is 47.5 Å². The molecule has 0 spiro atoms. The number of methoxy groups -OCH3 is 1. The molecule has 4 aromatic rings. The van der Waals surface area contributed by atoms with Crippen LogP contribution in [0.2, 0.25) is 0 Å². The lowest BCUT2D eigenvalue weighted by atomic mass is 9.96. The lowest BCUT2D eigenvalue weighted by Gasteiger charge is -2.32. The molecule has 0 radical (unpaired) electrons. The predicted molar refractivity (Wildman–Crippen MR) is 185 cm³/mol. The Morgan fingerprint density at radius 3 is 2.31 bits per heavy atom. The van der Waals surface area contributed by atoms with Crippen LogP contribution in [-0.4, -0.2) is 62.0 Å². The molecule has 2 aromatic heterocycles. The third-order valence-electron chi connectivity index (χ3n) is 8.87. The molecular formula is C37H41N5O5S. The highest BCUT2D eigenvalue weighted by molar-refractivity contribution is 7.15. The first-order chi connectivity index (χ1) is 22.7. The second-order valence-electron chi connectivity index (χ2n) is 13.8. The molecule has 0 N–H and O–H groups in total. The lowest BCUT2D eigenvalue weighted by Crippen LogP contribution is -2.47. The SMILES string of the molecule is COC(=O)C[C@@H]1N=C(c2ccc(-c3ccc4c(c3)CN(C(C(=O)OC(C)(C)C)C(C)C)C4=O)cc2)c2c(sc(C)c2C)-n2c(C)nnc21. The summed E-state index contributed by atoms with van der Waals surface area (Å²) < 4.78 is 12.7. The average Bonchev–Trinajstić information content (AvgIpc) is 3.63. The van der Waals surface area contributed by atoms with Crippen molar-refractivity contribution in [3.05, 3.63) is 86.8 Å². The molecule has 0 saturated carbocycles. The van der Waals surface area contributed by atoms with Crippen LogP contribution in [0.4, 0.5) is 0 Å². The van der Waals surface area contributed by atoms with Gasteiger partial charge in [0.1, 0.15) is 28.5 Å². The van der Waals surface area contributed by atoms with Gasteiger partial charge in [-0.1, -0.05) is 44.2 Å². The summed E-state index contributed by atoms with van der Waals surface area (Å²) in [4.78, 5) is 47.1. The minimum absolute atomic E-state index is 0.0413. The third kappa shape index (κ3) is 5.96. The van der Waals surface area contributed by atoms with Gasteiger partial charge in [0.2, 0.25) is 0 Å². The number of esters is 2. The van der Waals surface area contributed by atoms with Crippen LogP contribution in [0.25, 0.3) is 16.1 Å². The van der Waals surface area contributed by atoms with Crippen LogP contribution in [-0.2, 0) is 25.6 Å². The van der Waals surface area contributed by atoms with E-state index in [2.05, 4.69) is 24.0 Å². The monoisotopic (exact) mass is 667 g/mol. The van der Waals surface area contributed by atoms with Gasteiger partial charge >= 0.3 is 11.9 Å². The molecule has 2 aliphatic heterocycles. The van der Waals surface area contributed by atoms with E-state index >= 15 is 0 Å². The van der Waals surface area contributed by atoms with Crippen LogP contribution in [0, 0.1) is 26.7 Å². The highest BCUT2D eigenvalue weighted by Crippen LogP contribution is 2.40. The van der Waals surface area contributed by atoms with E-state index in [0.717, 1.165) is 49.9 Å². The molecular weight excluding hydrogens is 627 g/mol. The van der Waals surface area contributed by atoms with Crippen molar-refractivity contribution < 1.29 is 23.9 Å². The summed E-state index contributed by atoms with van der Waals surface area (Å²) in [6.45, 7) is 15.8. The molecule has 1 amide bonds. The Bertz CT molecular complexity index is 1960. The molecule has 11 heteroatoms. The van der Waals surface area contributed by atoms with Crippen LogP contribution in [0.5, 0.6) is 0 Å². The summed E-state index contributed by atoms with van der Waals surface area (Å²) in [6.07, 6.45) is 0.0413. The molecule has 1 unspecified atom stereocenters. The van der Waals surface area contributed by atoms with Gasteiger partial charge in [0, 0.05) is 28.1 Å². The maximum absolute atomic E-state index is 13.5. The number of carbonyl (C=O) groups is 3. The quantitative estimate of drug-likeness (QED) is 0.202. The van der Waals surface area contributed by atoms with Crippen LogP contribution >= 0.6 is 11.3 Å². The lowest BCUT2D eigenvalue weighted by molar-refractivity contribution is -0.162. The molecule has 48 heavy (non-hydrogen) atoms. The van der Waals surface area contributed by atoms with E-state index in [1.807, 2.05) is 88.6 Å². The number of aromatic nitrogens is 3. The Morgan fingerprint density at radius 2 is 1.67 bits per heavy atom. The number of hydrogen-bond acceptors (Lipinski definition) is 9. The first-order valence-electron chi connectivity index (χ1n) is 16.1. The molecule has 0 fully saturated rings. The van der Waals surface area contributed by atoms with Gasteiger partial charge in [0.25, 0.3) is 5.91 Å². The fourth-order valence-electron chi connectivity index (χ4n) is 6.46. The maximum Gasteiger partial charge on any atom is 0.329 e. The number of carbonyl (C=O) groups excluding carboxylic acids is 3. The second kappa shape index (κ2) is 12.4. The summed E-state index contributed by atoms with van der Waals surface area (Å²) in [5.41, 5.74) is 6.59. The number of fused-ring (bicyclic) bond motifs is 4. The van der Waals surface area contributed by atoms with Crippen LogP contribution in [0.3, 0.4) is 0 Å².